The van der Waals surface area contributed by atoms with Crippen molar-refractivity contribution in [3.63, 3.8) is 0 Å². The van der Waals surface area contributed by atoms with E-state index in [1.54, 1.807) is 17.5 Å². The van der Waals surface area contributed by atoms with Gasteiger partial charge in [0, 0.05) is 35.7 Å². The molecule has 0 bridgehead atoms. The predicted octanol–water partition coefficient (Wildman–Crippen LogP) is 3.69. The topological polar surface area (TPSA) is 91.9 Å². The molecular formula is C18H21N5O2S. The highest BCUT2D eigenvalue weighted by Crippen LogP contribution is 2.28. The van der Waals surface area contributed by atoms with Crippen molar-refractivity contribution in [1.29, 1.82) is 0 Å². The number of ether oxygens (including phenoxy) is 1. The number of hydrogen-bond donors (Lipinski definition) is 3. The highest BCUT2D eigenvalue weighted by Gasteiger charge is 2.21. The normalized spacial score (nSPS) is 14.2. The number of hydrogen-bond acceptors (Lipinski definition) is 6. The van der Waals surface area contributed by atoms with Crippen LogP contribution in [0.1, 0.15) is 24.3 Å². The number of anilines is 1. The summed E-state index contributed by atoms with van der Waals surface area (Å²) in [7, 11) is 0. The van der Waals surface area contributed by atoms with E-state index in [0.717, 1.165) is 52.4 Å². The second-order valence-corrected chi connectivity index (χ2v) is 7.43. The zero-order valence-corrected chi connectivity index (χ0v) is 15.4. The van der Waals surface area contributed by atoms with Crippen molar-refractivity contribution in [2.24, 2.45) is 0 Å². The third-order valence-electron chi connectivity index (χ3n) is 4.46. The molecule has 7 nitrogen and oxygen atoms in total. The summed E-state index contributed by atoms with van der Waals surface area (Å²) in [6.07, 6.45) is 4.64. The van der Waals surface area contributed by atoms with Crippen molar-refractivity contribution in [2.75, 3.05) is 18.4 Å². The first-order valence-electron chi connectivity index (χ1n) is 8.77. The zero-order valence-electron chi connectivity index (χ0n) is 14.5. The molecule has 1 fully saturated rings. The average Bonchev–Trinajstić information content (AvgIpc) is 3.21. The fourth-order valence-electron chi connectivity index (χ4n) is 2.85. The first-order chi connectivity index (χ1) is 12.7. The van der Waals surface area contributed by atoms with Crippen molar-refractivity contribution in [1.82, 2.24) is 20.3 Å². The van der Waals surface area contributed by atoms with Crippen molar-refractivity contribution >= 4 is 34.2 Å². The number of carbonyl (C=O) groups excluding carboxylic acids is 1. The maximum absolute atomic E-state index is 11.7. The van der Waals surface area contributed by atoms with Gasteiger partial charge in [-0.3, -0.25) is 0 Å². The Hall–Kier alpha value is -2.61. The molecule has 136 valence electrons. The van der Waals surface area contributed by atoms with Crippen LogP contribution in [0.15, 0.2) is 23.7 Å². The van der Waals surface area contributed by atoms with Crippen LogP contribution in [0.25, 0.3) is 22.4 Å². The highest BCUT2D eigenvalue weighted by molar-refractivity contribution is 7.09. The standard InChI is InChI=1S/C18H21N5O2S/c1-11-22-16(10-26-11)15-9-13-14(5-6-20-17(13)23-15)19-7-8-21-18(24)25-12-3-2-4-12/h5-6,9-10,12H,2-4,7-8H2,1H3,(H,21,24)(H2,19,20,23). The summed E-state index contributed by atoms with van der Waals surface area (Å²) in [4.78, 5) is 23.9. The third-order valence-corrected chi connectivity index (χ3v) is 5.24. The van der Waals surface area contributed by atoms with E-state index in [1.807, 2.05) is 18.4 Å². The summed E-state index contributed by atoms with van der Waals surface area (Å²) in [5.74, 6) is 0. The van der Waals surface area contributed by atoms with E-state index in [1.165, 1.54) is 0 Å². The summed E-state index contributed by atoms with van der Waals surface area (Å²) in [6.45, 7) is 3.10. The van der Waals surface area contributed by atoms with Gasteiger partial charge in [-0.05, 0) is 38.3 Å². The van der Waals surface area contributed by atoms with E-state index >= 15 is 0 Å². The van der Waals surface area contributed by atoms with E-state index < -0.39 is 0 Å². The fraction of sp³-hybridized carbons (Fsp3) is 0.389. The number of rotatable bonds is 6. The molecule has 0 aromatic carbocycles. The minimum absolute atomic E-state index is 0.107. The van der Waals surface area contributed by atoms with Gasteiger partial charge in [-0.2, -0.15) is 0 Å². The molecule has 1 aliphatic rings. The molecule has 0 aliphatic heterocycles. The second kappa shape index (κ2) is 7.33. The lowest BCUT2D eigenvalue weighted by molar-refractivity contribution is 0.0528. The van der Waals surface area contributed by atoms with Crippen LogP contribution in [-0.4, -0.2) is 40.2 Å². The molecule has 4 rings (SSSR count). The number of fused-ring (bicyclic) bond motifs is 1. The molecule has 0 saturated heterocycles. The molecule has 3 N–H and O–H groups in total. The number of carbonyl (C=O) groups is 1. The largest absolute Gasteiger partial charge is 0.446 e. The number of aromatic nitrogens is 3. The molecule has 0 spiro atoms. The number of aryl methyl sites for hydroxylation is 1. The number of amides is 1. The van der Waals surface area contributed by atoms with Gasteiger partial charge in [0.25, 0.3) is 0 Å². The SMILES string of the molecule is Cc1nc(-c2cc3c(NCCNC(=O)OC4CCC4)ccnc3[nH]2)cs1. The van der Waals surface area contributed by atoms with Gasteiger partial charge in [-0.1, -0.05) is 0 Å². The Morgan fingerprint density at radius 2 is 2.31 bits per heavy atom. The van der Waals surface area contributed by atoms with Crippen LogP contribution >= 0.6 is 11.3 Å². The van der Waals surface area contributed by atoms with Gasteiger partial charge in [0.15, 0.2) is 0 Å². The molecule has 1 aliphatic carbocycles. The van der Waals surface area contributed by atoms with Crippen LogP contribution < -0.4 is 10.6 Å². The van der Waals surface area contributed by atoms with E-state index in [-0.39, 0.29) is 12.2 Å². The molecule has 1 saturated carbocycles. The van der Waals surface area contributed by atoms with Gasteiger partial charge in [0.2, 0.25) is 0 Å². The molecule has 26 heavy (non-hydrogen) atoms. The number of H-pyrrole nitrogens is 1. The molecule has 1 amide bonds. The Balaban J connectivity index is 1.37. The Labute approximate surface area is 155 Å². The third kappa shape index (κ3) is 3.65. The van der Waals surface area contributed by atoms with Crippen LogP contribution in [0, 0.1) is 6.92 Å². The molecule has 0 radical (unpaired) electrons. The average molecular weight is 371 g/mol. The first kappa shape index (κ1) is 16.8. The van der Waals surface area contributed by atoms with Crippen LogP contribution in [-0.2, 0) is 4.74 Å². The van der Waals surface area contributed by atoms with Crippen molar-refractivity contribution < 1.29 is 9.53 Å². The zero-order chi connectivity index (χ0) is 17.9. The lowest BCUT2D eigenvalue weighted by Crippen LogP contribution is -2.34. The quantitative estimate of drug-likeness (QED) is 0.575. The number of nitrogens with zero attached hydrogens (tertiary/aromatic N) is 2. The highest BCUT2D eigenvalue weighted by atomic mass is 32.1. The molecule has 0 unspecified atom stereocenters. The van der Waals surface area contributed by atoms with Gasteiger partial charge in [-0.25, -0.2) is 14.8 Å². The Bertz CT molecular complexity index is 915. The Morgan fingerprint density at radius 1 is 1.42 bits per heavy atom. The first-order valence-corrected chi connectivity index (χ1v) is 9.65. The number of alkyl carbamates (subject to hydrolysis) is 1. The van der Waals surface area contributed by atoms with Crippen LogP contribution in [0.5, 0.6) is 0 Å². The van der Waals surface area contributed by atoms with E-state index in [0.29, 0.717) is 13.1 Å². The molecular weight excluding hydrogens is 350 g/mol. The van der Waals surface area contributed by atoms with Crippen LogP contribution in [0.4, 0.5) is 10.5 Å². The molecule has 8 heteroatoms. The summed E-state index contributed by atoms with van der Waals surface area (Å²) in [6, 6.07) is 3.98. The molecule has 3 aromatic heterocycles. The van der Waals surface area contributed by atoms with E-state index in [9.17, 15) is 4.79 Å². The lowest BCUT2D eigenvalue weighted by Gasteiger charge is -2.25. The predicted molar refractivity (Wildman–Crippen MR) is 103 cm³/mol. The second-order valence-electron chi connectivity index (χ2n) is 6.37. The van der Waals surface area contributed by atoms with Crippen molar-refractivity contribution in [3.8, 4) is 11.4 Å². The smallest absolute Gasteiger partial charge is 0.407 e. The van der Waals surface area contributed by atoms with E-state index in [2.05, 4.69) is 31.7 Å². The summed E-state index contributed by atoms with van der Waals surface area (Å²) in [5, 5.41) is 10.2. The van der Waals surface area contributed by atoms with Gasteiger partial charge < -0.3 is 20.4 Å². The molecule has 3 heterocycles. The maximum atomic E-state index is 11.7. The summed E-state index contributed by atoms with van der Waals surface area (Å²) < 4.78 is 5.26. The summed E-state index contributed by atoms with van der Waals surface area (Å²) >= 11 is 1.62. The Morgan fingerprint density at radius 3 is 3.04 bits per heavy atom. The number of pyridine rings is 1. The van der Waals surface area contributed by atoms with Crippen LogP contribution in [0.3, 0.4) is 0 Å². The van der Waals surface area contributed by atoms with Gasteiger partial charge in [0.1, 0.15) is 11.8 Å². The van der Waals surface area contributed by atoms with Crippen molar-refractivity contribution in [3.05, 3.63) is 28.7 Å². The fourth-order valence-corrected chi connectivity index (χ4v) is 3.46. The van der Waals surface area contributed by atoms with Gasteiger partial charge >= 0.3 is 6.09 Å². The Kier molecular flexibility index (Phi) is 4.75. The van der Waals surface area contributed by atoms with Crippen LogP contribution in [0.2, 0.25) is 0 Å². The number of nitrogens with one attached hydrogen (secondary N) is 3. The van der Waals surface area contributed by atoms with Crippen molar-refractivity contribution in [2.45, 2.75) is 32.3 Å². The maximum Gasteiger partial charge on any atom is 0.407 e. The van der Waals surface area contributed by atoms with Gasteiger partial charge in [-0.15, -0.1) is 11.3 Å². The monoisotopic (exact) mass is 371 g/mol. The molecule has 3 aromatic rings. The molecule has 0 atom stereocenters. The number of thiazole rings is 1. The minimum Gasteiger partial charge on any atom is -0.446 e. The summed E-state index contributed by atoms with van der Waals surface area (Å²) in [5.41, 5.74) is 3.66. The minimum atomic E-state index is -0.334. The van der Waals surface area contributed by atoms with E-state index in [4.69, 9.17) is 4.74 Å². The lowest BCUT2D eigenvalue weighted by atomic mass is 9.96. The van der Waals surface area contributed by atoms with Gasteiger partial charge in [0.05, 0.1) is 16.4 Å². The number of aromatic amines is 1.